The summed E-state index contributed by atoms with van der Waals surface area (Å²) < 4.78 is 5.54. The van der Waals surface area contributed by atoms with Crippen LogP contribution in [0.4, 0.5) is 4.79 Å². The molecule has 0 aromatic heterocycles. The molecule has 7 heteroatoms. The van der Waals surface area contributed by atoms with Crippen LogP contribution in [0.1, 0.15) is 43.7 Å². The van der Waals surface area contributed by atoms with E-state index < -0.39 is 23.9 Å². The lowest BCUT2D eigenvalue weighted by atomic mass is 9.91. The van der Waals surface area contributed by atoms with Gasteiger partial charge in [0.15, 0.2) is 0 Å². The highest BCUT2D eigenvalue weighted by molar-refractivity contribution is 5.81. The molecule has 2 aromatic rings. The third-order valence-electron chi connectivity index (χ3n) is 6.83. The van der Waals surface area contributed by atoms with Gasteiger partial charge in [0.2, 0.25) is 5.91 Å². The Bertz CT molecular complexity index is 1010. The predicted molar refractivity (Wildman–Crippen MR) is 124 cm³/mol. The first-order valence-corrected chi connectivity index (χ1v) is 11.5. The topological polar surface area (TPSA) is 95.9 Å². The smallest absolute Gasteiger partial charge is 0.407 e. The quantitative estimate of drug-likeness (QED) is 0.697. The summed E-state index contributed by atoms with van der Waals surface area (Å²) in [6.07, 6.45) is 0.361. The van der Waals surface area contributed by atoms with E-state index in [-0.39, 0.29) is 31.0 Å². The molecule has 33 heavy (non-hydrogen) atoms. The van der Waals surface area contributed by atoms with Gasteiger partial charge in [0.1, 0.15) is 6.61 Å². The monoisotopic (exact) mass is 450 g/mol. The molecule has 0 bridgehead atoms. The number of hydrogen-bond donors (Lipinski definition) is 2. The summed E-state index contributed by atoms with van der Waals surface area (Å²) in [6, 6.07) is 16.2. The Labute approximate surface area is 193 Å². The van der Waals surface area contributed by atoms with Gasteiger partial charge in [0, 0.05) is 25.0 Å². The highest BCUT2D eigenvalue weighted by atomic mass is 16.5. The zero-order chi connectivity index (χ0) is 23.5. The van der Waals surface area contributed by atoms with Crippen molar-refractivity contribution in [1.29, 1.82) is 0 Å². The number of rotatable bonds is 6. The molecule has 1 fully saturated rings. The Morgan fingerprint density at radius 3 is 2.27 bits per heavy atom. The number of carboxylic acid groups (broad SMARTS) is 1. The van der Waals surface area contributed by atoms with E-state index in [4.69, 9.17) is 4.74 Å². The van der Waals surface area contributed by atoms with Gasteiger partial charge in [-0.05, 0) is 42.0 Å². The highest BCUT2D eigenvalue weighted by Gasteiger charge is 2.34. The van der Waals surface area contributed by atoms with Crippen molar-refractivity contribution in [3.05, 3.63) is 59.7 Å². The third kappa shape index (κ3) is 4.72. The first-order chi connectivity index (χ1) is 15.9. The summed E-state index contributed by atoms with van der Waals surface area (Å²) in [6.45, 7) is 4.45. The zero-order valence-corrected chi connectivity index (χ0v) is 19.0. The second-order valence-corrected chi connectivity index (χ2v) is 9.05. The number of nitrogens with zero attached hydrogens (tertiary/aromatic N) is 1. The number of aliphatic carboxylic acids is 1. The highest BCUT2D eigenvalue weighted by Crippen LogP contribution is 2.44. The van der Waals surface area contributed by atoms with Crippen LogP contribution in [-0.2, 0) is 14.3 Å². The molecule has 1 unspecified atom stereocenters. The number of amides is 2. The lowest BCUT2D eigenvalue weighted by Gasteiger charge is -2.37. The fourth-order valence-corrected chi connectivity index (χ4v) is 4.98. The summed E-state index contributed by atoms with van der Waals surface area (Å²) in [5.41, 5.74) is 4.63. The minimum atomic E-state index is -0.807. The summed E-state index contributed by atoms with van der Waals surface area (Å²) >= 11 is 0. The fraction of sp³-hybridized carbons (Fsp3) is 0.423. The first kappa shape index (κ1) is 22.8. The summed E-state index contributed by atoms with van der Waals surface area (Å²) in [5.74, 6) is -1.73. The van der Waals surface area contributed by atoms with E-state index in [0.717, 1.165) is 11.1 Å². The Balaban J connectivity index is 1.29. The zero-order valence-electron chi connectivity index (χ0n) is 19.0. The molecular weight excluding hydrogens is 420 g/mol. The van der Waals surface area contributed by atoms with Crippen LogP contribution in [0.3, 0.4) is 0 Å². The number of carbonyl (C=O) groups is 3. The fourth-order valence-electron chi connectivity index (χ4n) is 4.98. The van der Waals surface area contributed by atoms with Crippen molar-refractivity contribution in [1.82, 2.24) is 10.2 Å². The van der Waals surface area contributed by atoms with Crippen molar-refractivity contribution in [2.75, 3.05) is 19.7 Å². The maximum absolute atomic E-state index is 12.8. The SMILES string of the molecule is CC(CNC(=O)OCC1c2ccccc2-c2ccccc21)C(=O)N1CC[C@H](C(=O)O)C[C@@H]1C. The van der Waals surface area contributed by atoms with Gasteiger partial charge in [-0.3, -0.25) is 9.59 Å². The summed E-state index contributed by atoms with van der Waals surface area (Å²) in [7, 11) is 0. The van der Waals surface area contributed by atoms with E-state index in [1.54, 1.807) is 11.8 Å². The molecule has 2 amide bonds. The number of alkyl carbamates (subject to hydrolysis) is 1. The van der Waals surface area contributed by atoms with Crippen molar-refractivity contribution in [2.45, 2.75) is 38.6 Å². The Hall–Kier alpha value is -3.35. The van der Waals surface area contributed by atoms with Crippen LogP contribution in [0.5, 0.6) is 0 Å². The number of piperidine rings is 1. The van der Waals surface area contributed by atoms with E-state index in [9.17, 15) is 19.5 Å². The molecule has 0 saturated carbocycles. The molecule has 2 aliphatic rings. The molecule has 1 aliphatic heterocycles. The molecule has 7 nitrogen and oxygen atoms in total. The molecule has 2 N–H and O–H groups in total. The van der Waals surface area contributed by atoms with E-state index in [0.29, 0.717) is 19.4 Å². The molecule has 3 atom stereocenters. The minimum Gasteiger partial charge on any atom is -0.481 e. The molecular formula is C26H30N2O5. The van der Waals surface area contributed by atoms with Gasteiger partial charge in [-0.25, -0.2) is 4.79 Å². The van der Waals surface area contributed by atoms with Crippen molar-refractivity contribution < 1.29 is 24.2 Å². The molecule has 4 rings (SSSR count). The molecule has 1 saturated heterocycles. The normalized spacial score (nSPS) is 20.5. The predicted octanol–water partition coefficient (Wildman–Crippen LogP) is 3.87. The Kier molecular flexibility index (Phi) is 6.67. The van der Waals surface area contributed by atoms with Gasteiger partial charge < -0.3 is 20.1 Å². The van der Waals surface area contributed by atoms with Gasteiger partial charge >= 0.3 is 12.1 Å². The van der Waals surface area contributed by atoms with Gasteiger partial charge in [-0.2, -0.15) is 0 Å². The lowest BCUT2D eigenvalue weighted by Crippen LogP contribution is -2.49. The number of fused-ring (bicyclic) bond motifs is 3. The van der Waals surface area contributed by atoms with Crippen molar-refractivity contribution in [2.24, 2.45) is 11.8 Å². The van der Waals surface area contributed by atoms with Crippen molar-refractivity contribution in [3.8, 4) is 11.1 Å². The van der Waals surface area contributed by atoms with Gasteiger partial charge in [0.05, 0.1) is 11.8 Å². The molecule has 1 heterocycles. The van der Waals surface area contributed by atoms with E-state index in [2.05, 4.69) is 29.6 Å². The number of ether oxygens (including phenoxy) is 1. The Morgan fingerprint density at radius 1 is 1.09 bits per heavy atom. The average molecular weight is 451 g/mol. The summed E-state index contributed by atoms with van der Waals surface area (Å²) in [5, 5.41) is 11.9. The number of benzene rings is 2. The molecule has 174 valence electrons. The third-order valence-corrected chi connectivity index (χ3v) is 6.83. The van der Waals surface area contributed by atoms with Crippen LogP contribution in [0.2, 0.25) is 0 Å². The minimum absolute atomic E-state index is 0.0152. The van der Waals surface area contributed by atoms with Crippen LogP contribution in [-0.4, -0.2) is 53.7 Å². The molecule has 0 spiro atoms. The molecule has 2 aromatic carbocycles. The van der Waals surface area contributed by atoms with Crippen LogP contribution >= 0.6 is 0 Å². The maximum Gasteiger partial charge on any atom is 0.407 e. The van der Waals surface area contributed by atoms with Crippen molar-refractivity contribution in [3.63, 3.8) is 0 Å². The second kappa shape index (κ2) is 9.65. The average Bonchev–Trinajstić information content (AvgIpc) is 3.14. The molecule has 1 aliphatic carbocycles. The van der Waals surface area contributed by atoms with E-state index in [1.807, 2.05) is 31.2 Å². The first-order valence-electron chi connectivity index (χ1n) is 11.5. The van der Waals surface area contributed by atoms with Crippen molar-refractivity contribution >= 4 is 18.0 Å². The van der Waals surface area contributed by atoms with E-state index in [1.165, 1.54) is 11.1 Å². The van der Waals surface area contributed by atoms with Gasteiger partial charge in [-0.15, -0.1) is 0 Å². The number of carboxylic acids is 1. The Morgan fingerprint density at radius 2 is 1.70 bits per heavy atom. The number of likely N-dealkylation sites (tertiary alicyclic amines) is 1. The van der Waals surface area contributed by atoms with Gasteiger partial charge in [0.25, 0.3) is 0 Å². The lowest BCUT2D eigenvalue weighted by molar-refractivity contribution is -0.148. The standard InChI is InChI=1S/C26H30N2O5/c1-16(24(29)28-12-11-18(25(30)31)13-17(28)2)14-27-26(32)33-15-23-21-9-5-3-7-19(21)20-8-4-6-10-22(20)23/h3-10,16-18,23H,11-15H2,1-2H3,(H,27,32)(H,30,31)/t16?,17-,18-/m0/s1. The number of carbonyl (C=O) groups excluding carboxylic acids is 2. The number of hydrogen-bond acceptors (Lipinski definition) is 4. The van der Waals surface area contributed by atoms with E-state index >= 15 is 0 Å². The van der Waals surface area contributed by atoms with Gasteiger partial charge in [-0.1, -0.05) is 55.5 Å². The molecule has 0 radical (unpaired) electrons. The van der Waals surface area contributed by atoms with Crippen LogP contribution in [0.25, 0.3) is 11.1 Å². The largest absolute Gasteiger partial charge is 0.481 e. The van der Waals surface area contributed by atoms with Crippen LogP contribution in [0, 0.1) is 11.8 Å². The van der Waals surface area contributed by atoms with Crippen LogP contribution < -0.4 is 5.32 Å². The summed E-state index contributed by atoms with van der Waals surface area (Å²) in [4.78, 5) is 38.2. The number of nitrogens with one attached hydrogen (secondary N) is 1. The second-order valence-electron chi connectivity index (χ2n) is 9.05. The maximum atomic E-state index is 12.8. The van der Waals surface area contributed by atoms with Crippen LogP contribution in [0.15, 0.2) is 48.5 Å².